The van der Waals surface area contributed by atoms with Crippen molar-refractivity contribution in [3.8, 4) is 0 Å². The Morgan fingerprint density at radius 1 is 1.56 bits per heavy atom. The molecule has 0 radical (unpaired) electrons. The van der Waals surface area contributed by atoms with Gasteiger partial charge in [-0.2, -0.15) is 4.98 Å². The molecule has 0 bridgehead atoms. The molecule has 0 unspecified atom stereocenters. The highest BCUT2D eigenvalue weighted by Gasteiger charge is 2.30. The molecule has 0 N–H and O–H groups in total. The van der Waals surface area contributed by atoms with Crippen LogP contribution in [0.1, 0.15) is 37.9 Å². The fourth-order valence-electron chi connectivity index (χ4n) is 2.26. The number of rotatable bonds is 4. The Kier molecular flexibility index (Phi) is 4.30. The number of aryl methyl sites for hydroxylation is 1. The molecular formula is C12H19N3O3. The van der Waals surface area contributed by atoms with Gasteiger partial charge in [0.25, 0.3) is 0 Å². The second-order valence-electron chi connectivity index (χ2n) is 4.46. The van der Waals surface area contributed by atoms with Gasteiger partial charge in [0.15, 0.2) is 5.82 Å². The van der Waals surface area contributed by atoms with Gasteiger partial charge in [0.1, 0.15) is 6.04 Å². The third-order valence-electron chi connectivity index (χ3n) is 3.24. The van der Waals surface area contributed by atoms with E-state index in [2.05, 4.69) is 15.0 Å². The lowest BCUT2D eigenvalue weighted by atomic mass is 10.0. The van der Waals surface area contributed by atoms with Crippen LogP contribution in [0.25, 0.3) is 0 Å². The van der Waals surface area contributed by atoms with E-state index in [1.165, 1.54) is 7.11 Å². The zero-order valence-corrected chi connectivity index (χ0v) is 10.9. The summed E-state index contributed by atoms with van der Waals surface area (Å²) in [5.41, 5.74) is 0. The molecule has 1 aliphatic heterocycles. The summed E-state index contributed by atoms with van der Waals surface area (Å²) in [6, 6.07) is -0.174. The molecule has 6 heteroatoms. The van der Waals surface area contributed by atoms with Gasteiger partial charge in [-0.25, -0.2) is 0 Å². The largest absolute Gasteiger partial charge is 0.468 e. The van der Waals surface area contributed by atoms with Gasteiger partial charge in [0.05, 0.1) is 13.7 Å². The summed E-state index contributed by atoms with van der Waals surface area (Å²) in [6.07, 6.45) is 3.72. The highest BCUT2D eigenvalue weighted by Crippen LogP contribution is 2.19. The Bertz CT molecular complexity index is 405. The van der Waals surface area contributed by atoms with E-state index in [0.717, 1.165) is 32.2 Å². The maximum Gasteiger partial charge on any atom is 0.323 e. The Balaban J connectivity index is 2.02. The number of carbonyl (C=O) groups excluding carboxylic acids is 1. The molecule has 1 aliphatic rings. The molecule has 1 aromatic heterocycles. The monoisotopic (exact) mass is 253 g/mol. The molecule has 0 saturated carbocycles. The Morgan fingerprint density at radius 2 is 2.39 bits per heavy atom. The second kappa shape index (κ2) is 5.95. The summed E-state index contributed by atoms with van der Waals surface area (Å²) < 4.78 is 9.91. The number of likely N-dealkylation sites (tertiary alicyclic amines) is 1. The minimum atomic E-state index is -0.174. The van der Waals surface area contributed by atoms with Crippen LogP contribution in [0.15, 0.2) is 4.52 Å². The molecule has 1 aromatic rings. The minimum Gasteiger partial charge on any atom is -0.468 e. The summed E-state index contributed by atoms with van der Waals surface area (Å²) in [7, 11) is 1.43. The molecule has 0 amide bonds. The van der Waals surface area contributed by atoms with Crippen molar-refractivity contribution in [3.05, 3.63) is 11.7 Å². The number of hydrogen-bond acceptors (Lipinski definition) is 6. The molecule has 6 nitrogen and oxygen atoms in total. The van der Waals surface area contributed by atoms with Crippen LogP contribution in [0.5, 0.6) is 0 Å². The predicted octanol–water partition coefficient (Wildman–Crippen LogP) is 1.16. The van der Waals surface area contributed by atoms with E-state index in [1.807, 2.05) is 6.92 Å². The molecule has 0 aromatic carbocycles. The van der Waals surface area contributed by atoms with Gasteiger partial charge >= 0.3 is 5.97 Å². The van der Waals surface area contributed by atoms with Gasteiger partial charge in [0.2, 0.25) is 5.89 Å². The average Bonchev–Trinajstić information content (AvgIpc) is 2.86. The van der Waals surface area contributed by atoms with Crippen LogP contribution < -0.4 is 0 Å². The Morgan fingerprint density at radius 3 is 3.06 bits per heavy atom. The number of esters is 1. The summed E-state index contributed by atoms with van der Waals surface area (Å²) >= 11 is 0. The molecule has 2 rings (SSSR count). The van der Waals surface area contributed by atoms with Crippen molar-refractivity contribution in [1.29, 1.82) is 0 Å². The molecule has 18 heavy (non-hydrogen) atoms. The minimum absolute atomic E-state index is 0.172. The van der Waals surface area contributed by atoms with E-state index in [1.54, 1.807) is 0 Å². The highest BCUT2D eigenvalue weighted by molar-refractivity contribution is 5.75. The Hall–Kier alpha value is -1.43. The van der Waals surface area contributed by atoms with Crippen molar-refractivity contribution < 1.29 is 14.1 Å². The van der Waals surface area contributed by atoms with E-state index in [9.17, 15) is 4.79 Å². The SMILES string of the molecule is CCc1nc(CN2CCCC[C@@H]2C(=O)OC)no1. The number of ether oxygens (including phenoxy) is 1. The number of carbonyl (C=O) groups is 1. The summed E-state index contributed by atoms with van der Waals surface area (Å²) in [6.45, 7) is 3.38. The first-order valence-electron chi connectivity index (χ1n) is 6.38. The van der Waals surface area contributed by atoms with Gasteiger partial charge < -0.3 is 9.26 Å². The topological polar surface area (TPSA) is 68.5 Å². The first-order valence-corrected chi connectivity index (χ1v) is 6.38. The normalized spacial score (nSPS) is 20.9. The van der Waals surface area contributed by atoms with Crippen LogP contribution in [0.3, 0.4) is 0 Å². The van der Waals surface area contributed by atoms with Crippen LogP contribution in [0.4, 0.5) is 0 Å². The first kappa shape index (κ1) is 13.0. The van der Waals surface area contributed by atoms with Crippen LogP contribution in [-0.2, 0) is 22.5 Å². The van der Waals surface area contributed by atoms with Crippen molar-refractivity contribution in [3.63, 3.8) is 0 Å². The lowest BCUT2D eigenvalue weighted by Crippen LogP contribution is -2.44. The Labute approximate surface area is 106 Å². The molecule has 2 heterocycles. The molecule has 0 aliphatic carbocycles. The quantitative estimate of drug-likeness (QED) is 0.750. The average molecular weight is 253 g/mol. The van der Waals surface area contributed by atoms with Gasteiger partial charge in [-0.3, -0.25) is 9.69 Å². The van der Waals surface area contributed by atoms with Crippen LogP contribution >= 0.6 is 0 Å². The third kappa shape index (κ3) is 2.87. The number of methoxy groups -OCH3 is 1. The molecule has 0 spiro atoms. The maximum absolute atomic E-state index is 11.7. The molecule has 100 valence electrons. The third-order valence-corrected chi connectivity index (χ3v) is 3.24. The first-order chi connectivity index (χ1) is 8.74. The van der Waals surface area contributed by atoms with E-state index in [-0.39, 0.29) is 12.0 Å². The highest BCUT2D eigenvalue weighted by atomic mass is 16.5. The molecule has 1 fully saturated rings. The van der Waals surface area contributed by atoms with Crippen molar-refractivity contribution in [2.24, 2.45) is 0 Å². The lowest BCUT2D eigenvalue weighted by molar-refractivity contribution is -0.148. The van der Waals surface area contributed by atoms with E-state index in [0.29, 0.717) is 18.3 Å². The summed E-state index contributed by atoms with van der Waals surface area (Å²) in [5.74, 6) is 1.10. The molecular weight excluding hydrogens is 234 g/mol. The summed E-state index contributed by atoms with van der Waals surface area (Å²) in [4.78, 5) is 18.0. The number of aromatic nitrogens is 2. The predicted molar refractivity (Wildman–Crippen MR) is 63.7 cm³/mol. The van der Waals surface area contributed by atoms with Gasteiger partial charge in [-0.1, -0.05) is 18.5 Å². The van der Waals surface area contributed by atoms with Gasteiger partial charge in [0, 0.05) is 6.42 Å². The summed E-state index contributed by atoms with van der Waals surface area (Å²) in [5, 5.41) is 3.92. The van der Waals surface area contributed by atoms with Gasteiger partial charge in [-0.05, 0) is 19.4 Å². The second-order valence-corrected chi connectivity index (χ2v) is 4.46. The standard InChI is InChI=1S/C12H19N3O3/c1-3-11-13-10(14-18-11)8-15-7-5-4-6-9(15)12(16)17-2/h9H,3-8H2,1-2H3/t9-/m1/s1. The van der Waals surface area contributed by atoms with E-state index >= 15 is 0 Å². The number of nitrogens with zero attached hydrogens (tertiary/aromatic N) is 3. The van der Waals surface area contributed by atoms with Crippen LogP contribution in [-0.4, -0.2) is 40.7 Å². The van der Waals surface area contributed by atoms with Gasteiger partial charge in [-0.15, -0.1) is 0 Å². The lowest BCUT2D eigenvalue weighted by Gasteiger charge is -2.32. The maximum atomic E-state index is 11.7. The van der Waals surface area contributed by atoms with Crippen molar-refractivity contribution in [2.75, 3.05) is 13.7 Å². The van der Waals surface area contributed by atoms with Crippen molar-refractivity contribution in [1.82, 2.24) is 15.0 Å². The number of hydrogen-bond donors (Lipinski definition) is 0. The fourth-order valence-corrected chi connectivity index (χ4v) is 2.26. The van der Waals surface area contributed by atoms with Crippen molar-refractivity contribution >= 4 is 5.97 Å². The van der Waals surface area contributed by atoms with E-state index in [4.69, 9.17) is 9.26 Å². The molecule has 1 atom stereocenters. The van der Waals surface area contributed by atoms with Crippen LogP contribution in [0, 0.1) is 0 Å². The zero-order chi connectivity index (χ0) is 13.0. The fraction of sp³-hybridized carbons (Fsp3) is 0.750. The van der Waals surface area contributed by atoms with Crippen molar-refractivity contribution in [2.45, 2.75) is 45.2 Å². The molecule has 1 saturated heterocycles. The van der Waals surface area contributed by atoms with E-state index < -0.39 is 0 Å². The smallest absolute Gasteiger partial charge is 0.323 e. The number of piperidine rings is 1. The van der Waals surface area contributed by atoms with Crippen LogP contribution in [0.2, 0.25) is 0 Å². The zero-order valence-electron chi connectivity index (χ0n) is 10.9.